The van der Waals surface area contributed by atoms with Crippen molar-refractivity contribution in [1.29, 1.82) is 0 Å². The van der Waals surface area contributed by atoms with Crippen molar-refractivity contribution in [2.45, 2.75) is 49.8 Å². The molecule has 1 aliphatic carbocycles. The first-order chi connectivity index (χ1) is 13.8. The van der Waals surface area contributed by atoms with Gasteiger partial charge in [-0.2, -0.15) is 0 Å². The maximum atomic E-state index is 12.7. The summed E-state index contributed by atoms with van der Waals surface area (Å²) < 4.78 is 28.3. The van der Waals surface area contributed by atoms with E-state index in [4.69, 9.17) is 16.7 Å². The van der Waals surface area contributed by atoms with Crippen molar-refractivity contribution in [2.24, 2.45) is 5.41 Å². The second-order valence-corrected chi connectivity index (χ2v) is 10.1. The highest BCUT2D eigenvalue weighted by molar-refractivity contribution is 7.89. The Morgan fingerprint density at radius 3 is 2.14 bits per heavy atom. The standard InChI is InChI=1S/C22H26ClNO4S/c23-19-8-10-20(11-9-19)29(27,28)24-16-22(12-2-1-3-13-22)15-18-6-4-17(5-7-18)14-21(25)26/h4-11,24H,1-3,12-16H2,(H,25,26). The summed E-state index contributed by atoms with van der Waals surface area (Å²) in [6, 6.07) is 13.8. The molecule has 7 heteroatoms. The highest BCUT2D eigenvalue weighted by Crippen LogP contribution is 2.39. The molecule has 0 saturated heterocycles. The van der Waals surface area contributed by atoms with E-state index in [1.165, 1.54) is 18.6 Å². The first-order valence-corrected chi connectivity index (χ1v) is 11.7. The maximum Gasteiger partial charge on any atom is 0.307 e. The lowest BCUT2D eigenvalue weighted by atomic mass is 9.70. The minimum absolute atomic E-state index is 0.00626. The number of carboxylic acids is 1. The van der Waals surface area contributed by atoms with Gasteiger partial charge in [-0.25, -0.2) is 13.1 Å². The zero-order valence-electron chi connectivity index (χ0n) is 16.2. The van der Waals surface area contributed by atoms with Gasteiger partial charge >= 0.3 is 5.97 Å². The molecule has 29 heavy (non-hydrogen) atoms. The Morgan fingerprint density at radius 1 is 0.966 bits per heavy atom. The van der Waals surface area contributed by atoms with Crippen LogP contribution in [0, 0.1) is 5.41 Å². The molecular weight excluding hydrogens is 410 g/mol. The molecule has 0 atom stereocenters. The van der Waals surface area contributed by atoms with E-state index < -0.39 is 16.0 Å². The van der Waals surface area contributed by atoms with Crippen LogP contribution in [0.15, 0.2) is 53.4 Å². The Hall–Kier alpha value is -1.89. The highest BCUT2D eigenvalue weighted by atomic mass is 35.5. The second kappa shape index (κ2) is 9.28. The van der Waals surface area contributed by atoms with Gasteiger partial charge < -0.3 is 5.11 Å². The van der Waals surface area contributed by atoms with E-state index >= 15 is 0 Å². The van der Waals surface area contributed by atoms with E-state index in [-0.39, 0.29) is 16.7 Å². The molecule has 1 aliphatic rings. The molecule has 2 N–H and O–H groups in total. The fourth-order valence-corrected chi connectivity index (χ4v) is 5.33. The van der Waals surface area contributed by atoms with Gasteiger partial charge in [-0.05, 0) is 60.1 Å². The molecule has 0 unspecified atom stereocenters. The molecule has 2 aromatic carbocycles. The van der Waals surface area contributed by atoms with Gasteiger partial charge in [0.1, 0.15) is 0 Å². The lowest BCUT2D eigenvalue weighted by molar-refractivity contribution is -0.136. The second-order valence-electron chi connectivity index (χ2n) is 7.90. The first kappa shape index (κ1) is 21.8. The van der Waals surface area contributed by atoms with Crippen LogP contribution in [0.25, 0.3) is 0 Å². The summed E-state index contributed by atoms with van der Waals surface area (Å²) >= 11 is 5.86. The minimum atomic E-state index is -3.60. The predicted molar refractivity (Wildman–Crippen MR) is 114 cm³/mol. The molecule has 0 aromatic heterocycles. The number of rotatable bonds is 8. The number of benzene rings is 2. The maximum absolute atomic E-state index is 12.7. The van der Waals surface area contributed by atoms with Crippen molar-refractivity contribution in [3.8, 4) is 0 Å². The molecule has 0 bridgehead atoms. The number of hydrogen-bond donors (Lipinski definition) is 2. The molecule has 1 fully saturated rings. The van der Waals surface area contributed by atoms with Crippen molar-refractivity contribution < 1.29 is 18.3 Å². The van der Waals surface area contributed by atoms with Crippen LogP contribution in [-0.4, -0.2) is 26.0 Å². The summed E-state index contributed by atoms with van der Waals surface area (Å²) in [5.41, 5.74) is 1.74. The molecule has 5 nitrogen and oxygen atoms in total. The molecule has 1 saturated carbocycles. The van der Waals surface area contributed by atoms with Crippen molar-refractivity contribution >= 4 is 27.6 Å². The lowest BCUT2D eigenvalue weighted by Gasteiger charge is -2.37. The van der Waals surface area contributed by atoms with Gasteiger partial charge in [0.25, 0.3) is 0 Å². The van der Waals surface area contributed by atoms with Gasteiger partial charge in [0.05, 0.1) is 11.3 Å². The average Bonchev–Trinajstić information content (AvgIpc) is 2.69. The number of carboxylic acid groups (broad SMARTS) is 1. The third kappa shape index (κ3) is 6.04. The zero-order valence-corrected chi connectivity index (χ0v) is 17.8. The van der Waals surface area contributed by atoms with Crippen LogP contribution >= 0.6 is 11.6 Å². The molecule has 3 rings (SSSR count). The van der Waals surface area contributed by atoms with Crippen LogP contribution in [0.2, 0.25) is 5.02 Å². The fraction of sp³-hybridized carbons (Fsp3) is 0.409. The molecule has 156 valence electrons. The molecule has 0 aliphatic heterocycles. The summed E-state index contributed by atoms with van der Waals surface area (Å²) in [4.78, 5) is 11.1. The van der Waals surface area contributed by atoms with Crippen LogP contribution in [0.1, 0.15) is 43.2 Å². The van der Waals surface area contributed by atoms with Gasteiger partial charge in [-0.15, -0.1) is 0 Å². The highest BCUT2D eigenvalue weighted by Gasteiger charge is 2.33. The van der Waals surface area contributed by atoms with Crippen molar-refractivity contribution in [3.63, 3.8) is 0 Å². The average molecular weight is 436 g/mol. The molecule has 0 amide bonds. The van der Waals surface area contributed by atoms with Crippen molar-refractivity contribution in [3.05, 3.63) is 64.7 Å². The third-order valence-corrected chi connectivity index (χ3v) is 7.30. The minimum Gasteiger partial charge on any atom is -0.481 e. The van der Waals surface area contributed by atoms with E-state index in [9.17, 15) is 13.2 Å². The molecule has 0 spiro atoms. The smallest absolute Gasteiger partial charge is 0.307 e. The summed E-state index contributed by atoms with van der Waals surface area (Å²) in [5, 5.41) is 9.42. The van der Waals surface area contributed by atoms with Crippen LogP contribution in [-0.2, 0) is 27.7 Å². The number of halogens is 1. The van der Waals surface area contributed by atoms with E-state index in [2.05, 4.69) is 4.72 Å². The Morgan fingerprint density at radius 2 is 1.55 bits per heavy atom. The monoisotopic (exact) mass is 435 g/mol. The Labute approximate surface area is 177 Å². The number of carbonyl (C=O) groups is 1. The predicted octanol–water partition coefficient (Wildman–Crippen LogP) is 4.44. The molecule has 2 aromatic rings. The topological polar surface area (TPSA) is 83.5 Å². The number of sulfonamides is 1. The fourth-order valence-electron chi connectivity index (χ4n) is 4.05. The SMILES string of the molecule is O=C(O)Cc1ccc(CC2(CNS(=O)(=O)c3ccc(Cl)cc3)CCCCC2)cc1. The van der Waals surface area contributed by atoms with E-state index in [1.807, 2.05) is 24.3 Å². The van der Waals surface area contributed by atoms with Gasteiger partial charge in [0, 0.05) is 11.6 Å². The van der Waals surface area contributed by atoms with E-state index in [1.54, 1.807) is 12.1 Å². The molecule has 0 heterocycles. The van der Waals surface area contributed by atoms with Crippen LogP contribution in [0.5, 0.6) is 0 Å². The summed E-state index contributed by atoms with van der Waals surface area (Å²) in [5.74, 6) is -0.849. The summed E-state index contributed by atoms with van der Waals surface area (Å²) in [6.07, 6.45) is 6.04. The normalized spacial score (nSPS) is 16.4. The quantitative estimate of drug-likeness (QED) is 0.642. The van der Waals surface area contributed by atoms with E-state index in [0.717, 1.165) is 43.2 Å². The summed E-state index contributed by atoms with van der Waals surface area (Å²) in [6.45, 7) is 0.384. The Bertz CT molecular complexity index is 934. The molecular formula is C22H26ClNO4S. The number of aliphatic carboxylic acids is 1. The Kier molecular flexibility index (Phi) is 6.98. The number of nitrogens with one attached hydrogen (secondary N) is 1. The van der Waals surface area contributed by atoms with E-state index in [0.29, 0.717) is 11.6 Å². The third-order valence-electron chi connectivity index (χ3n) is 5.63. The van der Waals surface area contributed by atoms with Crippen molar-refractivity contribution in [1.82, 2.24) is 4.72 Å². The van der Waals surface area contributed by atoms with Crippen LogP contribution in [0.3, 0.4) is 0 Å². The lowest BCUT2D eigenvalue weighted by Crippen LogP contribution is -2.40. The van der Waals surface area contributed by atoms with Gasteiger partial charge in [0.15, 0.2) is 0 Å². The number of hydrogen-bond acceptors (Lipinski definition) is 3. The Balaban J connectivity index is 1.73. The largest absolute Gasteiger partial charge is 0.481 e. The van der Waals surface area contributed by atoms with Crippen LogP contribution < -0.4 is 4.72 Å². The summed E-state index contributed by atoms with van der Waals surface area (Å²) in [7, 11) is -3.60. The van der Waals surface area contributed by atoms with Gasteiger partial charge in [-0.3, -0.25) is 4.79 Å². The first-order valence-electron chi connectivity index (χ1n) is 9.83. The zero-order chi connectivity index (χ0) is 20.9. The van der Waals surface area contributed by atoms with Gasteiger partial charge in [-0.1, -0.05) is 55.1 Å². The van der Waals surface area contributed by atoms with Gasteiger partial charge in [0.2, 0.25) is 10.0 Å². The molecule has 0 radical (unpaired) electrons. The van der Waals surface area contributed by atoms with Crippen molar-refractivity contribution in [2.75, 3.05) is 6.54 Å². The van der Waals surface area contributed by atoms with Crippen LogP contribution in [0.4, 0.5) is 0 Å².